The van der Waals surface area contributed by atoms with E-state index in [0.717, 1.165) is 12.1 Å². The topological polar surface area (TPSA) is 91.1 Å². The summed E-state index contributed by atoms with van der Waals surface area (Å²) >= 11 is 0. The fourth-order valence-corrected chi connectivity index (χ4v) is 2.69. The normalized spacial score (nSPS) is 12.5. The predicted molar refractivity (Wildman–Crippen MR) is 95.9 cm³/mol. The number of aromatic amines is 1. The Balaban J connectivity index is 1.98. The first-order chi connectivity index (χ1) is 12.6. The van der Waals surface area contributed by atoms with E-state index in [-0.39, 0.29) is 17.5 Å². The summed E-state index contributed by atoms with van der Waals surface area (Å²) in [5.74, 6) is -2.86. The molecule has 144 valence electrons. The number of benzene rings is 1. The van der Waals surface area contributed by atoms with Crippen molar-refractivity contribution in [2.24, 2.45) is 0 Å². The molecule has 2 amide bonds. The highest BCUT2D eigenvalue weighted by atomic mass is 19.1. The average molecular weight is 377 g/mol. The molecule has 3 N–H and O–H groups in total. The van der Waals surface area contributed by atoms with E-state index in [1.54, 1.807) is 32.9 Å². The van der Waals surface area contributed by atoms with Crippen LogP contribution in [0.25, 0.3) is 0 Å². The molecule has 1 atom stereocenters. The first-order valence-corrected chi connectivity index (χ1v) is 8.33. The van der Waals surface area contributed by atoms with Crippen molar-refractivity contribution in [2.75, 3.05) is 0 Å². The van der Waals surface area contributed by atoms with Gasteiger partial charge in [-0.3, -0.25) is 25.0 Å². The maximum absolute atomic E-state index is 13.2. The molecule has 0 saturated heterocycles. The molecule has 0 bridgehead atoms. The maximum Gasteiger partial charge on any atom is 0.248 e. The van der Waals surface area contributed by atoms with Gasteiger partial charge in [0.05, 0.1) is 18.0 Å². The largest absolute Gasteiger partial charge is 0.324 e. The third-order valence-corrected chi connectivity index (χ3v) is 3.96. The van der Waals surface area contributed by atoms with Crippen molar-refractivity contribution in [3.05, 3.63) is 69.6 Å². The quantitative estimate of drug-likeness (QED) is 0.715. The Morgan fingerprint density at radius 2 is 1.78 bits per heavy atom. The van der Waals surface area contributed by atoms with Crippen LogP contribution in [0.3, 0.4) is 0 Å². The van der Waals surface area contributed by atoms with E-state index in [9.17, 15) is 23.2 Å². The molecule has 0 radical (unpaired) electrons. The molecule has 6 nitrogen and oxygen atoms in total. The Labute approximate surface area is 155 Å². The Morgan fingerprint density at radius 1 is 1.15 bits per heavy atom. The van der Waals surface area contributed by atoms with Crippen LogP contribution in [0.5, 0.6) is 0 Å². The molecule has 0 saturated carbocycles. The number of imide groups is 1. The first kappa shape index (κ1) is 20.4. The molecule has 0 aliphatic rings. The molecule has 0 spiro atoms. The van der Waals surface area contributed by atoms with Crippen LogP contribution in [-0.2, 0) is 21.5 Å². The van der Waals surface area contributed by atoms with E-state index in [1.807, 2.05) is 0 Å². The number of pyridine rings is 1. The third-order valence-electron chi connectivity index (χ3n) is 3.96. The number of rotatable bonds is 6. The zero-order chi connectivity index (χ0) is 20.2. The molecule has 2 aromatic rings. The van der Waals surface area contributed by atoms with Crippen molar-refractivity contribution in [2.45, 2.75) is 38.8 Å². The first-order valence-electron chi connectivity index (χ1n) is 8.33. The Morgan fingerprint density at radius 3 is 2.37 bits per heavy atom. The van der Waals surface area contributed by atoms with Gasteiger partial charge in [0.25, 0.3) is 0 Å². The lowest BCUT2D eigenvalue weighted by Gasteiger charge is -2.29. The van der Waals surface area contributed by atoms with E-state index < -0.39 is 35.0 Å². The molecule has 0 aliphatic carbocycles. The minimum Gasteiger partial charge on any atom is -0.324 e. The van der Waals surface area contributed by atoms with Crippen molar-refractivity contribution in [3.63, 3.8) is 0 Å². The lowest BCUT2D eigenvalue weighted by Crippen LogP contribution is -2.51. The van der Waals surface area contributed by atoms with Crippen LogP contribution in [0, 0.1) is 11.6 Å². The Kier molecular flexibility index (Phi) is 6.22. The molecule has 1 heterocycles. The van der Waals surface area contributed by atoms with E-state index in [1.165, 1.54) is 6.07 Å². The highest BCUT2D eigenvalue weighted by molar-refractivity contribution is 5.98. The standard InChI is InChI=1S/C19H21F2N3O3/c1-11(24-19(2,3)15-5-4-6-16(25)22-15)18(27)23-17(26)9-12-7-13(20)10-14(21)8-12/h4-8,10-11,24H,9H2,1-3H3,(H,22,25)(H,23,26,27)/t11-/m0/s1. The number of nitrogens with one attached hydrogen (secondary N) is 3. The zero-order valence-electron chi connectivity index (χ0n) is 15.2. The second-order valence-electron chi connectivity index (χ2n) is 6.79. The van der Waals surface area contributed by atoms with Gasteiger partial charge in [-0.1, -0.05) is 6.07 Å². The van der Waals surface area contributed by atoms with Crippen LogP contribution in [-0.4, -0.2) is 22.8 Å². The highest BCUT2D eigenvalue weighted by Gasteiger charge is 2.27. The summed E-state index contributed by atoms with van der Waals surface area (Å²) in [6, 6.07) is 6.69. The summed E-state index contributed by atoms with van der Waals surface area (Å²) in [4.78, 5) is 38.4. The van der Waals surface area contributed by atoms with Crippen LogP contribution in [0.2, 0.25) is 0 Å². The second kappa shape index (κ2) is 8.22. The van der Waals surface area contributed by atoms with Gasteiger partial charge in [-0.05, 0) is 44.5 Å². The number of H-pyrrole nitrogens is 1. The molecule has 2 rings (SSSR count). The second-order valence-corrected chi connectivity index (χ2v) is 6.79. The lowest BCUT2D eigenvalue weighted by atomic mass is 9.98. The van der Waals surface area contributed by atoms with Crippen molar-refractivity contribution < 1.29 is 18.4 Å². The molecule has 0 fully saturated rings. The average Bonchev–Trinajstić information content (AvgIpc) is 2.53. The maximum atomic E-state index is 13.2. The van der Waals surface area contributed by atoms with Crippen LogP contribution in [0.15, 0.2) is 41.2 Å². The van der Waals surface area contributed by atoms with E-state index in [4.69, 9.17) is 0 Å². The Hall–Kier alpha value is -2.87. The number of aromatic nitrogens is 1. The SMILES string of the molecule is C[C@H](NC(C)(C)c1cccc(=O)[nH]1)C(=O)NC(=O)Cc1cc(F)cc(F)c1. The van der Waals surface area contributed by atoms with Gasteiger partial charge in [0.2, 0.25) is 17.4 Å². The van der Waals surface area contributed by atoms with Crippen LogP contribution in [0.1, 0.15) is 32.0 Å². The monoisotopic (exact) mass is 377 g/mol. The fraction of sp³-hybridized carbons (Fsp3) is 0.316. The van der Waals surface area contributed by atoms with Gasteiger partial charge in [-0.15, -0.1) is 0 Å². The molecular formula is C19H21F2N3O3. The predicted octanol–water partition coefficient (Wildman–Crippen LogP) is 1.75. The van der Waals surface area contributed by atoms with Crippen molar-refractivity contribution in [3.8, 4) is 0 Å². The summed E-state index contributed by atoms with van der Waals surface area (Å²) in [6.07, 6.45) is -0.331. The van der Waals surface area contributed by atoms with Gasteiger partial charge < -0.3 is 4.98 Å². The lowest BCUT2D eigenvalue weighted by molar-refractivity contribution is -0.131. The number of carbonyl (C=O) groups is 2. The van der Waals surface area contributed by atoms with Gasteiger partial charge >= 0.3 is 0 Å². The van der Waals surface area contributed by atoms with Gasteiger partial charge in [0.1, 0.15) is 11.6 Å². The summed E-state index contributed by atoms with van der Waals surface area (Å²) in [5, 5.41) is 5.23. The van der Waals surface area contributed by atoms with Gasteiger partial charge in [0.15, 0.2) is 0 Å². The summed E-state index contributed by atoms with van der Waals surface area (Å²) in [5.41, 5.74) is -0.305. The summed E-state index contributed by atoms with van der Waals surface area (Å²) < 4.78 is 26.3. The molecule has 1 aromatic carbocycles. The molecule has 1 aromatic heterocycles. The molecule has 8 heteroatoms. The minimum atomic E-state index is -0.794. The van der Waals surface area contributed by atoms with Crippen molar-refractivity contribution >= 4 is 11.8 Å². The fourth-order valence-electron chi connectivity index (χ4n) is 2.69. The van der Waals surface area contributed by atoms with Crippen LogP contribution in [0.4, 0.5) is 8.78 Å². The third kappa shape index (κ3) is 5.82. The van der Waals surface area contributed by atoms with Crippen LogP contribution >= 0.6 is 0 Å². The van der Waals surface area contributed by atoms with E-state index >= 15 is 0 Å². The molecule has 0 unspecified atom stereocenters. The summed E-state index contributed by atoms with van der Waals surface area (Å²) in [7, 11) is 0. The smallest absolute Gasteiger partial charge is 0.248 e. The number of carbonyl (C=O) groups excluding carboxylic acids is 2. The van der Waals surface area contributed by atoms with Crippen molar-refractivity contribution in [1.82, 2.24) is 15.6 Å². The van der Waals surface area contributed by atoms with Crippen LogP contribution < -0.4 is 16.2 Å². The van der Waals surface area contributed by atoms with E-state index in [2.05, 4.69) is 15.6 Å². The van der Waals surface area contributed by atoms with Gasteiger partial charge in [0, 0.05) is 17.8 Å². The van der Waals surface area contributed by atoms with E-state index in [0.29, 0.717) is 11.8 Å². The molecule has 27 heavy (non-hydrogen) atoms. The minimum absolute atomic E-state index is 0.126. The number of hydrogen-bond donors (Lipinski definition) is 3. The zero-order valence-corrected chi connectivity index (χ0v) is 15.2. The highest BCUT2D eigenvalue weighted by Crippen LogP contribution is 2.17. The number of hydrogen-bond acceptors (Lipinski definition) is 4. The number of amides is 2. The molecular weight excluding hydrogens is 356 g/mol. The van der Waals surface area contributed by atoms with Gasteiger partial charge in [-0.2, -0.15) is 0 Å². The Bertz CT molecular complexity index is 889. The molecule has 0 aliphatic heterocycles. The number of halogens is 2. The van der Waals surface area contributed by atoms with Gasteiger partial charge in [-0.25, -0.2) is 8.78 Å². The summed E-state index contributed by atoms with van der Waals surface area (Å²) in [6.45, 7) is 5.12. The van der Waals surface area contributed by atoms with Crippen molar-refractivity contribution in [1.29, 1.82) is 0 Å².